The quantitative estimate of drug-likeness (QED) is 0.714. The molecule has 1 aliphatic rings. The van der Waals surface area contributed by atoms with Crippen molar-refractivity contribution in [1.29, 1.82) is 0 Å². The molecule has 142 valence electrons. The van der Waals surface area contributed by atoms with Crippen LogP contribution < -0.4 is 10.2 Å². The van der Waals surface area contributed by atoms with E-state index in [1.165, 1.54) is 5.56 Å². The topological polar surface area (TPSA) is 49.4 Å². The van der Waals surface area contributed by atoms with Crippen molar-refractivity contribution in [3.8, 4) is 0 Å². The Bertz CT molecular complexity index is 852. The van der Waals surface area contributed by atoms with E-state index in [4.69, 9.17) is 23.2 Å². The molecule has 3 rings (SSSR count). The summed E-state index contributed by atoms with van der Waals surface area (Å²) in [5.41, 5.74) is 2.65. The number of hydrogen-bond acceptors (Lipinski definition) is 2. The second kappa shape index (κ2) is 8.32. The van der Waals surface area contributed by atoms with Crippen LogP contribution in [0.5, 0.6) is 0 Å². The number of halogens is 2. The van der Waals surface area contributed by atoms with Crippen LogP contribution in [0.4, 0.5) is 11.4 Å². The molecule has 2 amide bonds. The SMILES string of the molecule is CC[C@@H](C)c1ccc(N2C[C@H](C(=O)Nc3ccc(Cl)c(Cl)c3)CC2=O)cc1. The van der Waals surface area contributed by atoms with Crippen LogP contribution in [-0.2, 0) is 9.59 Å². The van der Waals surface area contributed by atoms with Crippen LogP contribution in [0.15, 0.2) is 42.5 Å². The number of benzene rings is 2. The number of rotatable bonds is 5. The van der Waals surface area contributed by atoms with Gasteiger partial charge in [0.05, 0.1) is 16.0 Å². The van der Waals surface area contributed by atoms with Gasteiger partial charge in [0.15, 0.2) is 0 Å². The van der Waals surface area contributed by atoms with E-state index in [1.54, 1.807) is 23.1 Å². The van der Waals surface area contributed by atoms with Gasteiger partial charge in [0.1, 0.15) is 0 Å². The summed E-state index contributed by atoms with van der Waals surface area (Å²) >= 11 is 11.9. The molecule has 1 heterocycles. The van der Waals surface area contributed by atoms with Crippen molar-refractivity contribution in [2.24, 2.45) is 5.92 Å². The number of amides is 2. The molecule has 2 aromatic carbocycles. The van der Waals surface area contributed by atoms with Gasteiger partial charge in [-0.15, -0.1) is 0 Å². The summed E-state index contributed by atoms with van der Waals surface area (Å²) in [6.45, 7) is 4.70. The molecule has 0 spiro atoms. The highest BCUT2D eigenvalue weighted by Crippen LogP contribution is 2.29. The van der Waals surface area contributed by atoms with E-state index in [0.717, 1.165) is 12.1 Å². The molecular weight excluding hydrogens is 383 g/mol. The van der Waals surface area contributed by atoms with Crippen molar-refractivity contribution in [1.82, 2.24) is 0 Å². The monoisotopic (exact) mass is 404 g/mol. The predicted octanol–water partition coefficient (Wildman–Crippen LogP) is 5.50. The lowest BCUT2D eigenvalue weighted by molar-refractivity contribution is -0.122. The van der Waals surface area contributed by atoms with E-state index >= 15 is 0 Å². The second-order valence-electron chi connectivity index (χ2n) is 6.92. The maximum absolute atomic E-state index is 12.5. The lowest BCUT2D eigenvalue weighted by Gasteiger charge is -2.18. The molecule has 0 unspecified atom stereocenters. The molecule has 4 nitrogen and oxygen atoms in total. The summed E-state index contributed by atoms with van der Waals surface area (Å²) in [5.74, 6) is -0.153. The number of hydrogen-bond donors (Lipinski definition) is 1. The summed E-state index contributed by atoms with van der Waals surface area (Å²) in [5, 5.41) is 3.62. The third kappa shape index (κ3) is 4.45. The van der Waals surface area contributed by atoms with Gasteiger partial charge < -0.3 is 10.2 Å². The van der Waals surface area contributed by atoms with Gasteiger partial charge in [0.25, 0.3) is 0 Å². The summed E-state index contributed by atoms with van der Waals surface area (Å²) in [6, 6.07) is 12.9. The summed E-state index contributed by atoms with van der Waals surface area (Å²) in [6.07, 6.45) is 1.26. The molecule has 6 heteroatoms. The van der Waals surface area contributed by atoms with Gasteiger partial charge >= 0.3 is 0 Å². The highest BCUT2D eigenvalue weighted by Gasteiger charge is 2.35. The Morgan fingerprint density at radius 1 is 1.19 bits per heavy atom. The molecule has 0 bridgehead atoms. The molecule has 1 saturated heterocycles. The zero-order valence-electron chi connectivity index (χ0n) is 15.3. The first kappa shape index (κ1) is 19.7. The number of nitrogens with one attached hydrogen (secondary N) is 1. The Balaban J connectivity index is 1.67. The molecule has 1 N–H and O–H groups in total. The van der Waals surface area contributed by atoms with E-state index in [0.29, 0.717) is 28.2 Å². The van der Waals surface area contributed by atoms with Crippen LogP contribution in [0.2, 0.25) is 10.0 Å². The average molecular weight is 405 g/mol. The van der Waals surface area contributed by atoms with Gasteiger partial charge in [-0.2, -0.15) is 0 Å². The Morgan fingerprint density at radius 3 is 2.52 bits per heavy atom. The summed E-state index contributed by atoms with van der Waals surface area (Å²) < 4.78 is 0. The first-order valence-corrected chi connectivity index (χ1v) is 9.81. The summed E-state index contributed by atoms with van der Waals surface area (Å²) in [7, 11) is 0. The first-order chi connectivity index (χ1) is 12.9. The van der Waals surface area contributed by atoms with Crippen LogP contribution in [0.25, 0.3) is 0 Å². The van der Waals surface area contributed by atoms with E-state index in [9.17, 15) is 9.59 Å². The Hall–Kier alpha value is -2.04. The van der Waals surface area contributed by atoms with Crippen molar-refractivity contribution >= 4 is 46.4 Å². The molecule has 1 aliphatic heterocycles. The summed E-state index contributed by atoms with van der Waals surface area (Å²) in [4.78, 5) is 26.7. The molecule has 27 heavy (non-hydrogen) atoms. The lowest BCUT2D eigenvalue weighted by Crippen LogP contribution is -2.28. The Morgan fingerprint density at radius 2 is 1.89 bits per heavy atom. The van der Waals surface area contributed by atoms with Crippen LogP contribution in [0.3, 0.4) is 0 Å². The normalized spacial score (nSPS) is 17.9. The highest BCUT2D eigenvalue weighted by atomic mass is 35.5. The maximum Gasteiger partial charge on any atom is 0.229 e. The zero-order chi connectivity index (χ0) is 19.6. The van der Waals surface area contributed by atoms with Crippen LogP contribution in [-0.4, -0.2) is 18.4 Å². The number of anilines is 2. The van der Waals surface area contributed by atoms with Gasteiger partial charge in [-0.3, -0.25) is 9.59 Å². The lowest BCUT2D eigenvalue weighted by atomic mass is 9.98. The second-order valence-corrected chi connectivity index (χ2v) is 7.74. The fraction of sp³-hybridized carbons (Fsp3) is 0.333. The molecule has 0 radical (unpaired) electrons. The zero-order valence-corrected chi connectivity index (χ0v) is 16.8. The van der Waals surface area contributed by atoms with Crippen LogP contribution in [0.1, 0.15) is 38.2 Å². The Kier molecular flexibility index (Phi) is 6.08. The smallest absolute Gasteiger partial charge is 0.229 e. The molecule has 0 aliphatic carbocycles. The van der Waals surface area contributed by atoms with Crippen LogP contribution >= 0.6 is 23.2 Å². The Labute approximate surface area is 169 Å². The predicted molar refractivity (Wildman–Crippen MR) is 111 cm³/mol. The van der Waals surface area contributed by atoms with E-state index in [-0.39, 0.29) is 18.2 Å². The number of carbonyl (C=O) groups excluding carboxylic acids is 2. The number of carbonyl (C=O) groups is 2. The van der Waals surface area contributed by atoms with Gasteiger partial charge in [0, 0.05) is 24.3 Å². The molecule has 2 aromatic rings. The maximum atomic E-state index is 12.5. The van der Waals surface area contributed by atoms with Gasteiger partial charge in [-0.25, -0.2) is 0 Å². The molecule has 0 saturated carbocycles. The average Bonchev–Trinajstić information content (AvgIpc) is 3.06. The molecule has 0 aromatic heterocycles. The fourth-order valence-electron chi connectivity index (χ4n) is 3.17. The van der Waals surface area contributed by atoms with Gasteiger partial charge in [0.2, 0.25) is 11.8 Å². The van der Waals surface area contributed by atoms with Gasteiger partial charge in [-0.05, 0) is 48.2 Å². The highest BCUT2D eigenvalue weighted by molar-refractivity contribution is 6.42. The van der Waals surface area contributed by atoms with Crippen molar-refractivity contribution in [3.05, 3.63) is 58.1 Å². The third-order valence-electron chi connectivity index (χ3n) is 5.07. The van der Waals surface area contributed by atoms with Crippen molar-refractivity contribution in [2.45, 2.75) is 32.6 Å². The minimum Gasteiger partial charge on any atom is -0.326 e. The van der Waals surface area contributed by atoms with E-state index in [1.807, 2.05) is 12.1 Å². The first-order valence-electron chi connectivity index (χ1n) is 9.05. The number of nitrogens with zero attached hydrogens (tertiary/aromatic N) is 1. The van der Waals surface area contributed by atoms with Crippen LogP contribution in [0, 0.1) is 5.92 Å². The standard InChI is InChI=1S/C21H22Cl2N2O2/c1-3-13(2)14-4-7-17(8-5-14)25-12-15(10-20(25)26)21(27)24-16-6-9-18(22)19(23)11-16/h4-9,11,13,15H,3,10,12H2,1-2H3,(H,24,27)/t13-,15-/m1/s1. The molecular formula is C21H22Cl2N2O2. The minimum atomic E-state index is -0.402. The van der Waals surface area contributed by atoms with E-state index < -0.39 is 5.92 Å². The van der Waals surface area contributed by atoms with Crippen molar-refractivity contribution < 1.29 is 9.59 Å². The third-order valence-corrected chi connectivity index (χ3v) is 5.81. The van der Waals surface area contributed by atoms with Crippen molar-refractivity contribution in [3.63, 3.8) is 0 Å². The van der Waals surface area contributed by atoms with Gasteiger partial charge in [-0.1, -0.05) is 49.2 Å². The van der Waals surface area contributed by atoms with Crippen molar-refractivity contribution in [2.75, 3.05) is 16.8 Å². The van der Waals surface area contributed by atoms with E-state index in [2.05, 4.69) is 31.3 Å². The minimum absolute atomic E-state index is 0.0411. The molecule has 2 atom stereocenters. The fourth-order valence-corrected chi connectivity index (χ4v) is 3.47. The largest absolute Gasteiger partial charge is 0.326 e. The molecule has 1 fully saturated rings.